The number of hydrogen-bond acceptors (Lipinski definition) is 4. The van der Waals surface area contributed by atoms with Crippen LogP contribution < -0.4 is 5.32 Å². The number of nitrogens with zero attached hydrogens (tertiary/aromatic N) is 2. The second-order valence-corrected chi connectivity index (χ2v) is 9.83. The van der Waals surface area contributed by atoms with Gasteiger partial charge in [-0.05, 0) is 82.2 Å². The number of amides is 1. The molecule has 0 unspecified atom stereocenters. The summed E-state index contributed by atoms with van der Waals surface area (Å²) in [5.41, 5.74) is 0. The van der Waals surface area contributed by atoms with Crippen molar-refractivity contribution in [1.82, 2.24) is 15.1 Å². The summed E-state index contributed by atoms with van der Waals surface area (Å²) >= 11 is 0. The predicted octanol–water partition coefficient (Wildman–Crippen LogP) is 1.72. The van der Waals surface area contributed by atoms with E-state index in [9.17, 15) is 4.79 Å². The number of hydrogen-bond donors (Lipinski definition) is 1. The van der Waals surface area contributed by atoms with Crippen LogP contribution in [0.15, 0.2) is 0 Å². The zero-order valence-corrected chi connectivity index (χ0v) is 16.2. The van der Waals surface area contributed by atoms with Gasteiger partial charge < -0.3 is 15.0 Å². The second-order valence-electron chi connectivity index (χ2n) is 9.83. The van der Waals surface area contributed by atoms with Gasteiger partial charge in [0.2, 0.25) is 5.91 Å². The Hall–Kier alpha value is -0.650. The third kappa shape index (κ3) is 3.20. The molecule has 5 heteroatoms. The fourth-order valence-electron chi connectivity index (χ4n) is 7.00. The van der Waals surface area contributed by atoms with Crippen LogP contribution in [-0.2, 0) is 9.53 Å². The summed E-state index contributed by atoms with van der Waals surface area (Å²) in [6.45, 7) is 4.43. The third-order valence-electron chi connectivity index (χ3n) is 8.19. The molecule has 6 rings (SSSR count). The molecule has 4 aliphatic carbocycles. The van der Waals surface area contributed by atoms with Crippen LogP contribution in [0.2, 0.25) is 0 Å². The van der Waals surface area contributed by atoms with E-state index in [-0.39, 0.29) is 11.9 Å². The number of morpholine rings is 1. The van der Waals surface area contributed by atoms with E-state index < -0.39 is 0 Å². The SMILES string of the molecule is CN1CCC[C@H]1CN1CCOC[C@@H]1C(=O)NC1C2CC3CC(C2)CC1C3. The van der Waals surface area contributed by atoms with Crippen LogP contribution in [0.4, 0.5) is 0 Å². The Kier molecular flexibility index (Phi) is 4.74. The van der Waals surface area contributed by atoms with Crippen molar-refractivity contribution in [3.05, 3.63) is 0 Å². The molecule has 2 heterocycles. The first-order chi connectivity index (χ1) is 12.7. The van der Waals surface area contributed by atoms with Gasteiger partial charge in [-0.25, -0.2) is 0 Å². The highest BCUT2D eigenvalue weighted by Gasteiger charge is 2.49. The normalized spacial score (nSPS) is 46.0. The van der Waals surface area contributed by atoms with Crippen molar-refractivity contribution in [2.24, 2.45) is 23.7 Å². The lowest BCUT2D eigenvalue weighted by atomic mass is 9.54. The van der Waals surface area contributed by atoms with E-state index in [4.69, 9.17) is 4.74 Å². The van der Waals surface area contributed by atoms with Crippen LogP contribution >= 0.6 is 0 Å². The van der Waals surface area contributed by atoms with Crippen LogP contribution in [0.3, 0.4) is 0 Å². The maximum Gasteiger partial charge on any atom is 0.239 e. The van der Waals surface area contributed by atoms with Gasteiger partial charge in [0.05, 0.1) is 13.2 Å². The van der Waals surface area contributed by atoms with Gasteiger partial charge in [-0.3, -0.25) is 9.69 Å². The minimum atomic E-state index is -0.0880. The van der Waals surface area contributed by atoms with E-state index in [1.807, 2.05) is 0 Å². The molecule has 146 valence electrons. The number of nitrogens with one attached hydrogen (secondary N) is 1. The molecule has 0 radical (unpaired) electrons. The lowest BCUT2D eigenvalue weighted by molar-refractivity contribution is -0.136. The maximum atomic E-state index is 13.2. The molecule has 4 saturated carbocycles. The molecule has 6 fully saturated rings. The Morgan fingerprint density at radius 1 is 1.08 bits per heavy atom. The molecule has 5 nitrogen and oxygen atoms in total. The number of likely N-dealkylation sites (N-methyl/N-ethyl adjacent to an activating group) is 1. The molecular weight excluding hydrogens is 326 g/mol. The number of ether oxygens (including phenoxy) is 1. The van der Waals surface area contributed by atoms with Gasteiger partial charge in [0.25, 0.3) is 0 Å². The van der Waals surface area contributed by atoms with Crippen molar-refractivity contribution >= 4 is 5.91 Å². The van der Waals surface area contributed by atoms with Gasteiger partial charge >= 0.3 is 0 Å². The standard InChI is InChI=1S/C21H35N3O2/c1-23-4-2-3-18(23)12-24-5-6-26-13-19(24)21(25)22-20-16-8-14-7-15(10-16)11-17(20)9-14/h14-20H,2-13H2,1H3,(H,22,25)/t14?,15?,16?,17?,18-,19+,20?/m0/s1. The van der Waals surface area contributed by atoms with E-state index in [0.717, 1.165) is 43.4 Å². The van der Waals surface area contributed by atoms with E-state index in [1.165, 1.54) is 51.5 Å². The highest BCUT2D eigenvalue weighted by molar-refractivity contribution is 5.82. The molecular formula is C21H35N3O2. The van der Waals surface area contributed by atoms with Crippen LogP contribution in [0.25, 0.3) is 0 Å². The maximum absolute atomic E-state index is 13.2. The van der Waals surface area contributed by atoms with Crippen LogP contribution in [-0.4, -0.2) is 73.7 Å². The molecule has 6 aliphatic rings. The first-order valence-electron chi connectivity index (χ1n) is 11.0. The van der Waals surface area contributed by atoms with Crippen molar-refractivity contribution in [3.8, 4) is 0 Å². The first kappa shape index (κ1) is 17.4. The molecule has 1 N–H and O–H groups in total. The van der Waals surface area contributed by atoms with E-state index in [0.29, 0.717) is 18.7 Å². The second kappa shape index (κ2) is 7.06. The average molecular weight is 362 g/mol. The Balaban J connectivity index is 1.23. The van der Waals surface area contributed by atoms with Crippen LogP contribution in [0, 0.1) is 23.7 Å². The Morgan fingerprint density at radius 2 is 1.81 bits per heavy atom. The summed E-state index contributed by atoms with van der Waals surface area (Å²) < 4.78 is 5.72. The van der Waals surface area contributed by atoms with Crippen molar-refractivity contribution in [1.29, 1.82) is 0 Å². The summed E-state index contributed by atoms with van der Waals surface area (Å²) in [7, 11) is 2.22. The predicted molar refractivity (Wildman–Crippen MR) is 101 cm³/mol. The average Bonchev–Trinajstić information content (AvgIpc) is 3.02. The summed E-state index contributed by atoms with van der Waals surface area (Å²) in [5, 5.41) is 3.52. The molecule has 1 amide bonds. The Labute approximate surface area is 157 Å². The van der Waals surface area contributed by atoms with Gasteiger partial charge in [-0.1, -0.05) is 0 Å². The van der Waals surface area contributed by atoms with Gasteiger partial charge in [-0.15, -0.1) is 0 Å². The number of likely N-dealkylation sites (tertiary alicyclic amines) is 1. The summed E-state index contributed by atoms with van der Waals surface area (Å²) in [4.78, 5) is 18.1. The summed E-state index contributed by atoms with van der Waals surface area (Å²) in [5.74, 6) is 3.64. The monoisotopic (exact) mass is 361 g/mol. The Bertz CT molecular complexity index is 511. The fraction of sp³-hybridized carbons (Fsp3) is 0.952. The fourth-order valence-corrected chi connectivity index (χ4v) is 7.00. The summed E-state index contributed by atoms with van der Waals surface area (Å²) in [6, 6.07) is 0.952. The molecule has 4 bridgehead atoms. The molecule has 2 atom stereocenters. The van der Waals surface area contributed by atoms with Gasteiger partial charge in [-0.2, -0.15) is 0 Å². The molecule has 0 spiro atoms. The van der Waals surface area contributed by atoms with E-state index in [2.05, 4.69) is 22.2 Å². The lowest BCUT2D eigenvalue weighted by Crippen LogP contribution is -2.61. The molecule has 2 aliphatic heterocycles. The number of carbonyl (C=O) groups is 1. The number of carbonyl (C=O) groups excluding carboxylic acids is 1. The molecule has 26 heavy (non-hydrogen) atoms. The van der Waals surface area contributed by atoms with Gasteiger partial charge in [0.15, 0.2) is 0 Å². The molecule has 0 aromatic heterocycles. The lowest BCUT2D eigenvalue weighted by Gasteiger charge is -2.54. The Morgan fingerprint density at radius 3 is 2.46 bits per heavy atom. The third-order valence-corrected chi connectivity index (χ3v) is 8.19. The number of rotatable bonds is 4. The van der Waals surface area contributed by atoms with E-state index >= 15 is 0 Å². The van der Waals surface area contributed by atoms with Crippen molar-refractivity contribution in [2.45, 2.75) is 63.1 Å². The quantitative estimate of drug-likeness (QED) is 0.828. The van der Waals surface area contributed by atoms with Gasteiger partial charge in [0, 0.05) is 25.2 Å². The minimum absolute atomic E-state index is 0.0880. The van der Waals surface area contributed by atoms with Crippen molar-refractivity contribution < 1.29 is 9.53 Å². The minimum Gasteiger partial charge on any atom is -0.378 e. The zero-order valence-electron chi connectivity index (χ0n) is 16.2. The van der Waals surface area contributed by atoms with Crippen LogP contribution in [0.1, 0.15) is 44.9 Å². The van der Waals surface area contributed by atoms with E-state index in [1.54, 1.807) is 0 Å². The topological polar surface area (TPSA) is 44.8 Å². The highest BCUT2D eigenvalue weighted by Crippen LogP contribution is 2.53. The largest absolute Gasteiger partial charge is 0.378 e. The van der Waals surface area contributed by atoms with Crippen molar-refractivity contribution in [3.63, 3.8) is 0 Å². The van der Waals surface area contributed by atoms with Gasteiger partial charge in [0.1, 0.15) is 6.04 Å². The first-order valence-corrected chi connectivity index (χ1v) is 11.0. The highest BCUT2D eigenvalue weighted by atomic mass is 16.5. The van der Waals surface area contributed by atoms with Crippen LogP contribution in [0.5, 0.6) is 0 Å². The summed E-state index contributed by atoms with van der Waals surface area (Å²) in [6.07, 6.45) is 9.44. The zero-order chi connectivity index (χ0) is 17.7. The molecule has 0 aromatic carbocycles. The molecule has 0 aromatic rings. The molecule has 2 saturated heterocycles. The smallest absolute Gasteiger partial charge is 0.239 e. The van der Waals surface area contributed by atoms with Crippen molar-refractivity contribution in [2.75, 3.05) is 39.9 Å².